The number of hydrogen-bond acceptors (Lipinski definition) is 6. The van der Waals surface area contributed by atoms with Crippen molar-refractivity contribution in [3.05, 3.63) is 0 Å². The molecular formula is C22H44O6Ti. The summed E-state index contributed by atoms with van der Waals surface area (Å²) in [5, 5.41) is 46.3. The van der Waals surface area contributed by atoms with Crippen LogP contribution in [0, 0.1) is 11.8 Å². The van der Waals surface area contributed by atoms with E-state index in [0.717, 1.165) is 25.7 Å². The van der Waals surface area contributed by atoms with Crippen LogP contribution in [0.4, 0.5) is 0 Å². The summed E-state index contributed by atoms with van der Waals surface area (Å²) >= 11 is 0. The molecule has 0 amide bonds. The van der Waals surface area contributed by atoms with Gasteiger partial charge >= 0.3 is 21.7 Å². The Bertz CT molecular complexity index is 327. The van der Waals surface area contributed by atoms with Crippen LogP contribution < -0.4 is 20.4 Å². The Balaban J connectivity index is -0.000000451. The Hall–Kier alpha value is 0.474. The second-order valence-corrected chi connectivity index (χ2v) is 8.04. The normalized spacial score (nSPS) is 14.3. The molecule has 2 unspecified atom stereocenters. The van der Waals surface area contributed by atoms with Crippen molar-refractivity contribution < 1.29 is 51.6 Å². The Morgan fingerprint density at radius 2 is 0.897 bits per heavy atom. The smallest absolute Gasteiger partial charge is 0.842 e. The average molecular weight is 452 g/mol. The topological polar surface area (TPSA) is 111 Å². The molecule has 0 heterocycles. The van der Waals surface area contributed by atoms with Gasteiger partial charge in [0, 0.05) is 12.2 Å². The number of ether oxygens (including phenoxy) is 2. The quantitative estimate of drug-likeness (QED) is 0.294. The van der Waals surface area contributed by atoms with Crippen LogP contribution in [0.1, 0.15) is 107 Å². The standard InChI is InChI=1S/2C11H22O3.Ti/c2*1-5-7-8-10(6-2)11(12,13)14-9(3)4;/h2*9-10H,5-8H2,1-4H3;/q2*-2;+4. The van der Waals surface area contributed by atoms with E-state index in [1.807, 2.05) is 27.7 Å². The number of rotatable bonds is 14. The van der Waals surface area contributed by atoms with E-state index in [0.29, 0.717) is 25.7 Å². The van der Waals surface area contributed by atoms with Crippen LogP contribution in [0.25, 0.3) is 0 Å². The first-order valence-corrected chi connectivity index (χ1v) is 11.0. The van der Waals surface area contributed by atoms with Gasteiger partial charge in [0.1, 0.15) is 0 Å². The minimum Gasteiger partial charge on any atom is -0.842 e. The van der Waals surface area contributed by atoms with E-state index >= 15 is 0 Å². The van der Waals surface area contributed by atoms with Crippen molar-refractivity contribution in [3.63, 3.8) is 0 Å². The molecule has 0 bridgehead atoms. The first kappa shape index (κ1) is 34.1. The number of hydrogen-bond donors (Lipinski definition) is 0. The van der Waals surface area contributed by atoms with Crippen molar-refractivity contribution in [3.8, 4) is 0 Å². The van der Waals surface area contributed by atoms with Gasteiger partial charge in [-0.05, 0) is 39.5 Å². The zero-order chi connectivity index (χ0) is 22.4. The third-order valence-corrected chi connectivity index (χ3v) is 4.60. The summed E-state index contributed by atoms with van der Waals surface area (Å²) in [4.78, 5) is 0. The van der Waals surface area contributed by atoms with Gasteiger partial charge in [-0.3, -0.25) is 0 Å². The molecule has 0 aromatic rings. The van der Waals surface area contributed by atoms with Crippen molar-refractivity contribution >= 4 is 0 Å². The molecule has 0 fully saturated rings. The summed E-state index contributed by atoms with van der Waals surface area (Å²) in [7, 11) is 0. The molecule has 0 saturated carbocycles. The maximum Gasteiger partial charge on any atom is 4.00 e. The summed E-state index contributed by atoms with van der Waals surface area (Å²) in [5.74, 6) is -5.74. The van der Waals surface area contributed by atoms with Crippen LogP contribution in [0.3, 0.4) is 0 Å². The van der Waals surface area contributed by atoms with Crippen LogP contribution in [-0.4, -0.2) is 24.2 Å². The molecule has 0 saturated heterocycles. The Morgan fingerprint density at radius 3 is 1.07 bits per heavy atom. The molecular weight excluding hydrogens is 408 g/mol. The van der Waals surface area contributed by atoms with Crippen LogP contribution in [0.15, 0.2) is 0 Å². The first-order chi connectivity index (χ1) is 12.9. The van der Waals surface area contributed by atoms with Gasteiger partial charge in [0.05, 0.1) is 0 Å². The third kappa shape index (κ3) is 16.8. The second-order valence-electron chi connectivity index (χ2n) is 8.04. The van der Waals surface area contributed by atoms with E-state index in [1.165, 1.54) is 0 Å². The molecule has 0 aromatic heterocycles. The van der Waals surface area contributed by atoms with E-state index in [2.05, 4.69) is 0 Å². The van der Waals surface area contributed by atoms with E-state index in [4.69, 9.17) is 9.47 Å². The predicted octanol–water partition coefficient (Wildman–Crippen LogP) is 2.00. The molecule has 0 aliphatic carbocycles. The van der Waals surface area contributed by atoms with Crippen molar-refractivity contribution in [1.29, 1.82) is 0 Å². The van der Waals surface area contributed by atoms with Crippen molar-refractivity contribution in [2.45, 2.75) is 131 Å². The molecule has 0 radical (unpaired) electrons. The Labute approximate surface area is 194 Å². The predicted molar refractivity (Wildman–Crippen MR) is 105 cm³/mol. The molecule has 0 rings (SSSR count). The van der Waals surface area contributed by atoms with Crippen LogP contribution in [-0.2, 0) is 31.2 Å². The summed E-state index contributed by atoms with van der Waals surface area (Å²) in [6.45, 7) is 14.7. The molecule has 0 N–H and O–H groups in total. The fraction of sp³-hybridized carbons (Fsp3) is 1.00. The molecule has 0 aliphatic rings. The fourth-order valence-electron chi connectivity index (χ4n) is 3.01. The molecule has 7 heteroatoms. The fourth-order valence-corrected chi connectivity index (χ4v) is 3.01. The Kier molecular flexibility index (Phi) is 21.3. The van der Waals surface area contributed by atoms with Gasteiger partial charge < -0.3 is 29.9 Å². The van der Waals surface area contributed by atoms with Gasteiger partial charge in [-0.15, -0.1) is 0 Å². The van der Waals surface area contributed by atoms with E-state index < -0.39 is 23.8 Å². The summed E-state index contributed by atoms with van der Waals surface area (Å²) in [6.07, 6.45) is 5.82. The van der Waals surface area contributed by atoms with Crippen molar-refractivity contribution in [2.24, 2.45) is 11.8 Å². The van der Waals surface area contributed by atoms with Crippen LogP contribution in [0.2, 0.25) is 0 Å². The van der Waals surface area contributed by atoms with Gasteiger partial charge in [0.15, 0.2) is 0 Å². The minimum atomic E-state index is -2.46. The average Bonchev–Trinajstić information content (AvgIpc) is 2.54. The Morgan fingerprint density at radius 1 is 0.621 bits per heavy atom. The first-order valence-electron chi connectivity index (χ1n) is 11.0. The minimum absolute atomic E-state index is 0. The van der Waals surface area contributed by atoms with E-state index in [1.54, 1.807) is 27.7 Å². The summed E-state index contributed by atoms with van der Waals surface area (Å²) in [5.41, 5.74) is 0. The molecule has 2 atom stereocenters. The van der Waals surface area contributed by atoms with Gasteiger partial charge in [-0.1, -0.05) is 91.0 Å². The van der Waals surface area contributed by atoms with Crippen molar-refractivity contribution in [2.75, 3.05) is 0 Å². The third-order valence-electron chi connectivity index (χ3n) is 4.60. The van der Waals surface area contributed by atoms with Gasteiger partial charge in [-0.2, -0.15) is 0 Å². The SMILES string of the molecule is CCCCC(CC)C([O-])([O-])OC(C)C.CCCCC(CC)C([O-])([O-])OC(C)C.[Ti+4]. The van der Waals surface area contributed by atoms with Gasteiger partial charge in [-0.25, -0.2) is 0 Å². The summed E-state index contributed by atoms with van der Waals surface area (Å²) < 4.78 is 9.75. The van der Waals surface area contributed by atoms with E-state index in [9.17, 15) is 20.4 Å². The monoisotopic (exact) mass is 452 g/mol. The van der Waals surface area contributed by atoms with Gasteiger partial charge in [0.25, 0.3) is 0 Å². The molecule has 29 heavy (non-hydrogen) atoms. The van der Waals surface area contributed by atoms with Gasteiger partial charge in [0.2, 0.25) is 0 Å². The van der Waals surface area contributed by atoms with Crippen LogP contribution in [0.5, 0.6) is 0 Å². The largest absolute Gasteiger partial charge is 4.00 e. The zero-order valence-electron chi connectivity index (χ0n) is 19.9. The molecule has 0 aliphatic heterocycles. The molecule has 172 valence electrons. The zero-order valence-corrected chi connectivity index (χ0v) is 21.5. The van der Waals surface area contributed by atoms with Crippen molar-refractivity contribution in [1.82, 2.24) is 0 Å². The maximum atomic E-state index is 11.6. The van der Waals surface area contributed by atoms with Crippen LogP contribution >= 0.6 is 0 Å². The summed E-state index contributed by atoms with van der Waals surface area (Å²) in [6, 6.07) is 0. The maximum absolute atomic E-state index is 11.6. The molecule has 6 nitrogen and oxygen atoms in total. The number of unbranched alkanes of at least 4 members (excludes halogenated alkanes) is 2. The molecule has 0 aromatic carbocycles. The molecule has 0 spiro atoms. The van der Waals surface area contributed by atoms with E-state index in [-0.39, 0.29) is 33.9 Å². The second kappa shape index (κ2) is 18.1.